The number of hydrogen-bond donors (Lipinski definition) is 1. The summed E-state index contributed by atoms with van der Waals surface area (Å²) in [5.41, 5.74) is 3.83. The Labute approximate surface area is 191 Å². The van der Waals surface area contributed by atoms with Gasteiger partial charge in [-0.15, -0.1) is 0 Å². The Morgan fingerprint density at radius 3 is 2.52 bits per heavy atom. The van der Waals surface area contributed by atoms with E-state index < -0.39 is 0 Å². The number of aromatic nitrogens is 2. The van der Waals surface area contributed by atoms with E-state index in [-0.39, 0.29) is 11.5 Å². The van der Waals surface area contributed by atoms with Crippen LogP contribution in [0.3, 0.4) is 0 Å². The predicted octanol–water partition coefficient (Wildman–Crippen LogP) is 3.70. The highest BCUT2D eigenvalue weighted by molar-refractivity contribution is 5.97. The molecule has 4 aromatic rings. The van der Waals surface area contributed by atoms with Gasteiger partial charge < -0.3 is 19.4 Å². The minimum Gasteiger partial charge on any atom is -0.497 e. The smallest absolute Gasteiger partial charge is 0.272 e. The summed E-state index contributed by atoms with van der Waals surface area (Å²) in [6.07, 6.45) is 0. The third kappa shape index (κ3) is 4.72. The average Bonchev–Trinajstić information content (AvgIpc) is 2.85. The largest absolute Gasteiger partial charge is 0.497 e. The van der Waals surface area contributed by atoms with Crippen LogP contribution in [0.2, 0.25) is 0 Å². The molecule has 0 aliphatic heterocycles. The van der Waals surface area contributed by atoms with E-state index in [2.05, 4.69) is 10.3 Å². The zero-order valence-corrected chi connectivity index (χ0v) is 18.8. The van der Waals surface area contributed by atoms with Crippen LogP contribution in [0, 0.1) is 6.92 Å². The maximum absolute atomic E-state index is 12.8. The van der Waals surface area contributed by atoms with Crippen LogP contribution >= 0.6 is 0 Å². The highest BCUT2D eigenvalue weighted by Gasteiger charge is 2.13. The highest BCUT2D eigenvalue weighted by Crippen LogP contribution is 2.24. The monoisotopic (exact) mass is 443 g/mol. The Hall–Kier alpha value is -4.13. The average molecular weight is 444 g/mol. The van der Waals surface area contributed by atoms with Crippen molar-refractivity contribution in [1.82, 2.24) is 14.9 Å². The quantitative estimate of drug-likeness (QED) is 0.471. The first-order chi connectivity index (χ1) is 16.0. The molecule has 0 saturated heterocycles. The van der Waals surface area contributed by atoms with Crippen molar-refractivity contribution in [2.45, 2.75) is 20.0 Å². The highest BCUT2D eigenvalue weighted by atomic mass is 16.5. The topological polar surface area (TPSA) is 82.5 Å². The number of nitrogens with one attached hydrogen (secondary N) is 1. The van der Waals surface area contributed by atoms with Crippen molar-refractivity contribution in [3.8, 4) is 11.5 Å². The number of aryl methyl sites for hydroxylation is 1. The Morgan fingerprint density at radius 2 is 1.79 bits per heavy atom. The fourth-order valence-corrected chi connectivity index (χ4v) is 3.71. The molecule has 1 aromatic heterocycles. The second-order valence-corrected chi connectivity index (χ2v) is 7.64. The van der Waals surface area contributed by atoms with Gasteiger partial charge >= 0.3 is 0 Å². The molecule has 0 aliphatic rings. The SMILES string of the molecule is COc1ccc(CNC(=O)c2ccc3c(c2)nc(C)c(=O)n3Cc2ccccc2)c(OC)c1. The first-order valence-electron chi connectivity index (χ1n) is 10.5. The van der Waals surface area contributed by atoms with Crippen LogP contribution < -0.4 is 20.3 Å². The summed E-state index contributed by atoms with van der Waals surface area (Å²) in [4.78, 5) is 30.0. The van der Waals surface area contributed by atoms with Crippen molar-refractivity contribution in [2.75, 3.05) is 14.2 Å². The van der Waals surface area contributed by atoms with Crippen molar-refractivity contribution in [3.63, 3.8) is 0 Å². The number of ether oxygens (including phenoxy) is 2. The molecule has 3 aromatic carbocycles. The summed E-state index contributed by atoms with van der Waals surface area (Å²) in [6, 6.07) is 20.4. The maximum atomic E-state index is 12.8. The lowest BCUT2D eigenvalue weighted by atomic mass is 10.1. The molecule has 0 bridgehead atoms. The first kappa shape index (κ1) is 22.1. The van der Waals surface area contributed by atoms with Gasteiger partial charge in [-0.3, -0.25) is 9.59 Å². The molecule has 0 radical (unpaired) electrons. The number of carbonyl (C=O) groups is 1. The fourth-order valence-electron chi connectivity index (χ4n) is 3.71. The van der Waals surface area contributed by atoms with E-state index in [9.17, 15) is 9.59 Å². The second-order valence-electron chi connectivity index (χ2n) is 7.64. The molecule has 4 rings (SSSR count). The molecule has 7 nitrogen and oxygen atoms in total. The van der Waals surface area contributed by atoms with E-state index in [0.29, 0.717) is 46.9 Å². The van der Waals surface area contributed by atoms with Crippen molar-refractivity contribution < 1.29 is 14.3 Å². The summed E-state index contributed by atoms with van der Waals surface area (Å²) >= 11 is 0. The molecule has 0 atom stereocenters. The zero-order valence-electron chi connectivity index (χ0n) is 18.8. The molecule has 168 valence electrons. The normalized spacial score (nSPS) is 10.8. The van der Waals surface area contributed by atoms with Crippen LogP contribution in [0.25, 0.3) is 11.0 Å². The minimum atomic E-state index is -0.241. The minimum absolute atomic E-state index is 0.143. The molecule has 0 spiro atoms. The van der Waals surface area contributed by atoms with Crippen LogP contribution in [0.15, 0.2) is 71.5 Å². The van der Waals surface area contributed by atoms with Crippen LogP contribution in [0.1, 0.15) is 27.2 Å². The Morgan fingerprint density at radius 1 is 1.00 bits per heavy atom. The summed E-state index contributed by atoms with van der Waals surface area (Å²) in [7, 11) is 3.16. The molecule has 0 unspecified atom stereocenters. The predicted molar refractivity (Wildman–Crippen MR) is 127 cm³/mol. The number of amides is 1. The number of methoxy groups -OCH3 is 2. The van der Waals surface area contributed by atoms with Gasteiger partial charge in [-0.1, -0.05) is 30.3 Å². The lowest BCUT2D eigenvalue weighted by Gasteiger charge is -2.13. The van der Waals surface area contributed by atoms with E-state index in [1.165, 1.54) is 0 Å². The number of benzene rings is 3. The van der Waals surface area contributed by atoms with E-state index in [1.807, 2.05) is 42.5 Å². The van der Waals surface area contributed by atoms with Gasteiger partial charge in [0.15, 0.2) is 0 Å². The molecule has 0 fully saturated rings. The van der Waals surface area contributed by atoms with Gasteiger partial charge in [-0.25, -0.2) is 4.98 Å². The second kappa shape index (κ2) is 9.56. The van der Waals surface area contributed by atoms with Crippen molar-refractivity contribution in [3.05, 3.63) is 99.5 Å². The van der Waals surface area contributed by atoms with E-state index in [1.54, 1.807) is 50.0 Å². The summed E-state index contributed by atoms with van der Waals surface area (Å²) < 4.78 is 12.3. The van der Waals surface area contributed by atoms with E-state index in [0.717, 1.165) is 11.1 Å². The number of carbonyl (C=O) groups excluding carboxylic acids is 1. The first-order valence-corrected chi connectivity index (χ1v) is 10.5. The van der Waals surface area contributed by atoms with E-state index in [4.69, 9.17) is 9.47 Å². The molecular weight excluding hydrogens is 418 g/mol. The molecule has 1 heterocycles. The van der Waals surface area contributed by atoms with Gasteiger partial charge in [-0.05, 0) is 42.8 Å². The lowest BCUT2D eigenvalue weighted by Crippen LogP contribution is -2.26. The fraction of sp³-hybridized carbons (Fsp3) is 0.192. The number of rotatable bonds is 7. The molecule has 0 saturated carbocycles. The van der Waals surface area contributed by atoms with Gasteiger partial charge in [0.1, 0.15) is 17.2 Å². The molecular formula is C26H25N3O4. The zero-order chi connectivity index (χ0) is 23.4. The molecule has 7 heteroatoms. The van der Waals surface area contributed by atoms with Crippen molar-refractivity contribution in [2.24, 2.45) is 0 Å². The Bertz CT molecular complexity index is 1360. The Kier molecular flexibility index (Phi) is 6.40. The van der Waals surface area contributed by atoms with Gasteiger partial charge in [0.25, 0.3) is 11.5 Å². The lowest BCUT2D eigenvalue weighted by molar-refractivity contribution is 0.0951. The number of fused-ring (bicyclic) bond motifs is 1. The van der Waals surface area contributed by atoms with Gasteiger partial charge in [-0.2, -0.15) is 0 Å². The van der Waals surface area contributed by atoms with Crippen LogP contribution in [0.4, 0.5) is 0 Å². The summed E-state index contributed by atoms with van der Waals surface area (Å²) in [5, 5.41) is 2.92. The van der Waals surface area contributed by atoms with Crippen molar-refractivity contribution >= 4 is 16.9 Å². The number of nitrogens with zero attached hydrogens (tertiary/aromatic N) is 2. The summed E-state index contributed by atoms with van der Waals surface area (Å²) in [5.74, 6) is 1.07. The molecule has 33 heavy (non-hydrogen) atoms. The van der Waals surface area contributed by atoms with Gasteiger partial charge in [0.05, 0.1) is 31.8 Å². The van der Waals surface area contributed by atoms with Gasteiger partial charge in [0.2, 0.25) is 0 Å². The van der Waals surface area contributed by atoms with Crippen LogP contribution in [-0.2, 0) is 13.1 Å². The molecule has 1 N–H and O–H groups in total. The van der Waals surface area contributed by atoms with Crippen LogP contribution in [0.5, 0.6) is 11.5 Å². The standard InChI is InChI=1S/C26H25N3O4/c1-17-26(31)29(16-18-7-5-4-6-8-18)23-12-10-19(13-22(23)28-17)25(30)27-15-20-9-11-21(32-2)14-24(20)33-3/h4-14H,15-16H2,1-3H3,(H,27,30). The Balaban J connectivity index is 1.60. The van der Waals surface area contributed by atoms with E-state index >= 15 is 0 Å². The number of hydrogen-bond acceptors (Lipinski definition) is 5. The van der Waals surface area contributed by atoms with Crippen LogP contribution in [-0.4, -0.2) is 29.7 Å². The van der Waals surface area contributed by atoms with Gasteiger partial charge in [0, 0.05) is 23.7 Å². The third-order valence-corrected chi connectivity index (χ3v) is 5.49. The third-order valence-electron chi connectivity index (χ3n) is 5.49. The molecule has 0 aliphatic carbocycles. The summed E-state index contributed by atoms with van der Waals surface area (Å²) in [6.45, 7) is 2.41. The molecule has 1 amide bonds. The maximum Gasteiger partial charge on any atom is 0.272 e. The van der Waals surface area contributed by atoms with Crippen molar-refractivity contribution in [1.29, 1.82) is 0 Å².